The number of fused-ring (bicyclic) bond motifs is 1. The van der Waals surface area contributed by atoms with E-state index in [2.05, 4.69) is 15.1 Å². The molecule has 0 bridgehead atoms. The molecule has 4 N–H and O–H groups in total. The second-order valence-electron chi connectivity index (χ2n) is 4.18. The molecule has 0 aromatic carbocycles. The topological polar surface area (TPSA) is 99.9 Å². The first-order valence-corrected chi connectivity index (χ1v) is 5.63. The van der Waals surface area contributed by atoms with Crippen LogP contribution in [0.5, 0.6) is 0 Å². The Bertz CT molecular complexity index is 311. The normalized spacial score (nSPS) is 24.4. The maximum atomic E-state index is 11.4. The van der Waals surface area contributed by atoms with Gasteiger partial charge in [0.1, 0.15) is 0 Å². The number of carbonyl (C=O) groups excluding carboxylic acids is 2. The molecular formula is C9H17N5O3. The third-order valence-corrected chi connectivity index (χ3v) is 3.12. The highest BCUT2D eigenvalue weighted by Crippen LogP contribution is 2.14. The van der Waals surface area contributed by atoms with Crippen molar-refractivity contribution in [2.45, 2.75) is 12.5 Å². The second-order valence-corrected chi connectivity index (χ2v) is 4.18. The van der Waals surface area contributed by atoms with Gasteiger partial charge in [0.05, 0.1) is 12.5 Å². The Morgan fingerprint density at radius 3 is 3.18 bits per heavy atom. The number of piperazine rings is 1. The lowest BCUT2D eigenvalue weighted by atomic mass is 10.2. The van der Waals surface area contributed by atoms with E-state index in [0.717, 1.165) is 13.1 Å². The number of hydrogen-bond donors (Lipinski definition) is 3. The van der Waals surface area contributed by atoms with Gasteiger partial charge in [-0.2, -0.15) is 0 Å². The SMILES string of the molecule is NNOC(=O)CCN1CCN2C(=O)NCC2C1. The van der Waals surface area contributed by atoms with Gasteiger partial charge in [0.15, 0.2) is 0 Å². The number of nitrogens with one attached hydrogen (secondary N) is 2. The van der Waals surface area contributed by atoms with Crippen LogP contribution in [0.3, 0.4) is 0 Å². The molecule has 1 unspecified atom stereocenters. The van der Waals surface area contributed by atoms with Gasteiger partial charge in [0.25, 0.3) is 0 Å². The Hall–Kier alpha value is -1.38. The summed E-state index contributed by atoms with van der Waals surface area (Å²) in [6.07, 6.45) is 0.290. The molecule has 2 fully saturated rings. The van der Waals surface area contributed by atoms with E-state index in [4.69, 9.17) is 5.84 Å². The smallest absolute Gasteiger partial charge is 0.327 e. The number of urea groups is 1. The Kier molecular flexibility index (Phi) is 3.77. The molecule has 2 heterocycles. The van der Waals surface area contributed by atoms with Crippen molar-refractivity contribution in [2.75, 3.05) is 32.7 Å². The van der Waals surface area contributed by atoms with Crippen molar-refractivity contribution in [1.82, 2.24) is 20.7 Å². The first kappa shape index (κ1) is 12.1. The summed E-state index contributed by atoms with van der Waals surface area (Å²) < 4.78 is 0. The fourth-order valence-corrected chi connectivity index (χ4v) is 2.24. The Labute approximate surface area is 99.0 Å². The molecule has 8 nitrogen and oxygen atoms in total. The molecule has 0 saturated carbocycles. The number of nitrogens with two attached hydrogens (primary N) is 1. The zero-order valence-corrected chi connectivity index (χ0v) is 9.52. The summed E-state index contributed by atoms with van der Waals surface area (Å²) >= 11 is 0. The molecule has 1 atom stereocenters. The predicted molar refractivity (Wildman–Crippen MR) is 58.4 cm³/mol. The van der Waals surface area contributed by atoms with Gasteiger partial charge in [-0.25, -0.2) is 10.6 Å². The van der Waals surface area contributed by atoms with E-state index in [-0.39, 0.29) is 24.5 Å². The standard InChI is InChI=1S/C9H17N5O3/c10-12-17-8(15)1-2-13-3-4-14-7(6-13)5-11-9(14)16/h7,12H,1-6,10H2,(H,11,16). The van der Waals surface area contributed by atoms with Gasteiger partial charge in [-0.1, -0.05) is 5.59 Å². The molecule has 0 radical (unpaired) electrons. The van der Waals surface area contributed by atoms with Gasteiger partial charge in [0.2, 0.25) is 0 Å². The molecule has 2 aliphatic rings. The number of amides is 2. The third kappa shape index (κ3) is 2.84. The fourth-order valence-electron chi connectivity index (χ4n) is 2.24. The van der Waals surface area contributed by atoms with Crippen molar-refractivity contribution in [3.05, 3.63) is 0 Å². The summed E-state index contributed by atoms with van der Waals surface area (Å²) in [5.41, 5.74) is 1.87. The van der Waals surface area contributed by atoms with Crippen LogP contribution in [0.4, 0.5) is 4.79 Å². The van der Waals surface area contributed by atoms with Crippen LogP contribution in [0, 0.1) is 0 Å². The van der Waals surface area contributed by atoms with E-state index >= 15 is 0 Å². The lowest BCUT2D eigenvalue weighted by molar-refractivity contribution is -0.151. The lowest BCUT2D eigenvalue weighted by Gasteiger charge is -2.36. The van der Waals surface area contributed by atoms with Crippen LogP contribution < -0.4 is 16.7 Å². The Balaban J connectivity index is 1.74. The second kappa shape index (κ2) is 5.30. The van der Waals surface area contributed by atoms with Gasteiger partial charge in [-0.3, -0.25) is 9.69 Å². The van der Waals surface area contributed by atoms with E-state index in [1.807, 2.05) is 10.5 Å². The van der Waals surface area contributed by atoms with E-state index in [1.165, 1.54) is 0 Å². The minimum absolute atomic E-state index is 0.0152. The molecule has 96 valence electrons. The molecule has 2 rings (SSSR count). The third-order valence-electron chi connectivity index (χ3n) is 3.12. The van der Waals surface area contributed by atoms with Crippen molar-refractivity contribution < 1.29 is 14.4 Å². The monoisotopic (exact) mass is 243 g/mol. The van der Waals surface area contributed by atoms with E-state index in [9.17, 15) is 9.59 Å². The van der Waals surface area contributed by atoms with Gasteiger partial charge in [0, 0.05) is 32.7 Å². The largest absolute Gasteiger partial charge is 0.356 e. The molecule has 2 saturated heterocycles. The maximum Gasteiger partial charge on any atom is 0.327 e. The van der Waals surface area contributed by atoms with Crippen molar-refractivity contribution in [3.8, 4) is 0 Å². The van der Waals surface area contributed by atoms with Gasteiger partial charge < -0.3 is 15.1 Å². The summed E-state index contributed by atoms with van der Waals surface area (Å²) in [5, 5.41) is 2.81. The first-order chi connectivity index (χ1) is 8.20. The summed E-state index contributed by atoms with van der Waals surface area (Å²) in [5.74, 6) is 4.49. The molecule has 17 heavy (non-hydrogen) atoms. The van der Waals surface area contributed by atoms with Crippen molar-refractivity contribution in [1.29, 1.82) is 0 Å². The van der Waals surface area contributed by atoms with Crippen LogP contribution in [-0.4, -0.2) is 60.6 Å². The number of rotatable bonds is 4. The molecule has 0 aromatic rings. The van der Waals surface area contributed by atoms with Crippen molar-refractivity contribution in [3.63, 3.8) is 0 Å². The highest BCUT2D eigenvalue weighted by Gasteiger charge is 2.35. The van der Waals surface area contributed by atoms with Crippen LogP contribution >= 0.6 is 0 Å². The van der Waals surface area contributed by atoms with Crippen LogP contribution in [0.2, 0.25) is 0 Å². The lowest BCUT2D eigenvalue weighted by Crippen LogP contribution is -2.52. The average Bonchev–Trinajstić information content (AvgIpc) is 2.69. The molecule has 8 heteroatoms. The highest BCUT2D eigenvalue weighted by molar-refractivity contribution is 5.77. The van der Waals surface area contributed by atoms with E-state index in [0.29, 0.717) is 19.6 Å². The van der Waals surface area contributed by atoms with Gasteiger partial charge in [-0.15, -0.1) is 0 Å². The molecular weight excluding hydrogens is 226 g/mol. The maximum absolute atomic E-state index is 11.4. The first-order valence-electron chi connectivity index (χ1n) is 5.63. The van der Waals surface area contributed by atoms with Crippen LogP contribution in [0.25, 0.3) is 0 Å². The zero-order valence-electron chi connectivity index (χ0n) is 9.52. The predicted octanol–water partition coefficient (Wildman–Crippen LogP) is -1.99. The molecule has 0 aliphatic carbocycles. The average molecular weight is 243 g/mol. The Morgan fingerprint density at radius 1 is 1.59 bits per heavy atom. The number of carbonyl (C=O) groups is 2. The molecule has 0 aromatic heterocycles. The minimum atomic E-state index is -0.379. The summed E-state index contributed by atoms with van der Waals surface area (Å²) in [6.45, 7) is 3.60. The van der Waals surface area contributed by atoms with Crippen LogP contribution in [0.15, 0.2) is 0 Å². The Morgan fingerprint density at radius 2 is 2.41 bits per heavy atom. The molecule has 2 amide bonds. The minimum Gasteiger partial charge on any atom is -0.356 e. The van der Waals surface area contributed by atoms with Crippen LogP contribution in [0.1, 0.15) is 6.42 Å². The van der Waals surface area contributed by atoms with Gasteiger partial charge in [-0.05, 0) is 0 Å². The molecule has 0 spiro atoms. The van der Waals surface area contributed by atoms with E-state index in [1.54, 1.807) is 0 Å². The van der Waals surface area contributed by atoms with Crippen LogP contribution in [-0.2, 0) is 9.63 Å². The van der Waals surface area contributed by atoms with Crippen molar-refractivity contribution >= 4 is 12.0 Å². The number of hydrogen-bond acceptors (Lipinski definition) is 6. The highest BCUT2D eigenvalue weighted by atomic mass is 16.7. The van der Waals surface area contributed by atoms with Gasteiger partial charge >= 0.3 is 12.0 Å². The quantitative estimate of drug-likeness (QED) is 0.390. The number of hydrazine groups is 1. The van der Waals surface area contributed by atoms with E-state index < -0.39 is 0 Å². The summed E-state index contributed by atoms with van der Waals surface area (Å²) in [4.78, 5) is 30.9. The summed E-state index contributed by atoms with van der Waals surface area (Å²) in [6, 6.07) is 0.237. The fraction of sp³-hybridized carbons (Fsp3) is 0.778. The molecule has 2 aliphatic heterocycles. The zero-order chi connectivity index (χ0) is 12.3. The number of nitrogens with zero attached hydrogens (tertiary/aromatic N) is 2. The summed E-state index contributed by atoms with van der Waals surface area (Å²) in [7, 11) is 0. The van der Waals surface area contributed by atoms with Crippen molar-refractivity contribution in [2.24, 2.45) is 5.84 Å².